The van der Waals surface area contributed by atoms with Crippen molar-refractivity contribution in [2.24, 2.45) is 0 Å². The minimum absolute atomic E-state index is 0.331. The first-order chi connectivity index (χ1) is 7.54. The van der Waals surface area contributed by atoms with Gasteiger partial charge in [-0.05, 0) is 34.7 Å². The number of nitrogens with two attached hydrogens (primary N) is 1. The Bertz CT molecular complexity index is 580. The monoisotopic (exact) mass is 394 g/mol. The van der Waals surface area contributed by atoms with Crippen molar-refractivity contribution in [2.45, 2.75) is 0 Å². The smallest absolute Gasteiger partial charge is 0.342 e. The number of fused-ring (bicyclic) bond motifs is 1. The summed E-state index contributed by atoms with van der Waals surface area (Å²) < 4.78 is 6.59. The number of carbonyl (C=O) groups is 1. The summed E-state index contributed by atoms with van der Waals surface area (Å²) in [6.07, 6.45) is 0. The normalized spacial score (nSPS) is 10.7. The number of aromatic amines is 1. The van der Waals surface area contributed by atoms with E-state index in [2.05, 4.69) is 43.5 Å². The van der Waals surface area contributed by atoms with Crippen LogP contribution in [0.15, 0.2) is 16.6 Å². The quantitative estimate of drug-likeness (QED) is 0.577. The van der Waals surface area contributed by atoms with E-state index in [9.17, 15) is 4.79 Å². The number of nitrogen functional groups attached to an aromatic ring is 1. The first-order valence-electron chi connectivity index (χ1n) is 4.39. The summed E-state index contributed by atoms with van der Waals surface area (Å²) in [5, 5.41) is 0.799. The summed E-state index contributed by atoms with van der Waals surface area (Å²) >= 11 is 5.55. The van der Waals surface area contributed by atoms with Crippen molar-refractivity contribution in [3.63, 3.8) is 0 Å². The lowest BCUT2D eigenvalue weighted by atomic mass is 10.1. The van der Waals surface area contributed by atoms with Gasteiger partial charge in [-0.1, -0.05) is 15.9 Å². The van der Waals surface area contributed by atoms with E-state index < -0.39 is 5.97 Å². The third-order valence-corrected chi connectivity index (χ3v) is 3.54. The number of hydrogen-bond acceptors (Lipinski definition) is 3. The van der Waals surface area contributed by atoms with Gasteiger partial charge in [0.1, 0.15) is 11.4 Å². The number of nitrogens with one attached hydrogen (secondary N) is 1. The number of rotatable bonds is 1. The van der Waals surface area contributed by atoms with Crippen molar-refractivity contribution in [3.8, 4) is 0 Å². The highest BCUT2D eigenvalue weighted by molar-refractivity contribution is 14.1. The number of esters is 1. The van der Waals surface area contributed by atoms with Crippen molar-refractivity contribution in [1.29, 1.82) is 0 Å². The minimum atomic E-state index is -0.427. The van der Waals surface area contributed by atoms with E-state index in [4.69, 9.17) is 10.5 Å². The Kier molecular flexibility index (Phi) is 3.11. The first kappa shape index (κ1) is 11.7. The number of halogens is 2. The van der Waals surface area contributed by atoms with Gasteiger partial charge in [0.2, 0.25) is 0 Å². The average Bonchev–Trinajstić information content (AvgIpc) is 2.53. The largest absolute Gasteiger partial charge is 0.465 e. The van der Waals surface area contributed by atoms with E-state index >= 15 is 0 Å². The molecule has 2 rings (SSSR count). The molecule has 16 heavy (non-hydrogen) atoms. The molecule has 0 fully saturated rings. The predicted octanol–water partition coefficient (Wildman–Crippen LogP) is 2.90. The van der Waals surface area contributed by atoms with Crippen molar-refractivity contribution < 1.29 is 9.53 Å². The minimum Gasteiger partial charge on any atom is -0.465 e. The average molecular weight is 395 g/mol. The fraction of sp³-hybridized carbons (Fsp3) is 0.100. The van der Waals surface area contributed by atoms with Gasteiger partial charge in [0.25, 0.3) is 0 Å². The molecular formula is C10H8BrIN2O2. The molecule has 0 radical (unpaired) electrons. The molecule has 0 saturated carbocycles. The maximum absolute atomic E-state index is 11.6. The number of H-pyrrole nitrogens is 1. The molecular weight excluding hydrogens is 387 g/mol. The fourth-order valence-corrected chi connectivity index (χ4v) is 3.36. The molecule has 3 N–H and O–H groups in total. The first-order valence-corrected chi connectivity index (χ1v) is 6.26. The van der Waals surface area contributed by atoms with Gasteiger partial charge in [0.05, 0.1) is 12.6 Å². The molecule has 0 amide bonds. The molecule has 1 aromatic carbocycles. The molecule has 4 nitrogen and oxygen atoms in total. The molecule has 0 bridgehead atoms. The van der Waals surface area contributed by atoms with Crippen LogP contribution in [0, 0.1) is 3.57 Å². The zero-order valence-corrected chi connectivity index (χ0v) is 12.0. The predicted molar refractivity (Wildman–Crippen MR) is 74.5 cm³/mol. The van der Waals surface area contributed by atoms with Gasteiger partial charge in [-0.15, -0.1) is 0 Å². The second-order valence-electron chi connectivity index (χ2n) is 3.22. The Balaban J connectivity index is 2.84. The molecule has 0 aliphatic carbocycles. The van der Waals surface area contributed by atoms with E-state index in [1.807, 2.05) is 12.1 Å². The van der Waals surface area contributed by atoms with Crippen molar-refractivity contribution in [2.75, 3.05) is 12.8 Å². The third-order valence-electron chi connectivity index (χ3n) is 2.23. The number of ether oxygens (including phenoxy) is 1. The van der Waals surface area contributed by atoms with Crippen molar-refractivity contribution in [1.82, 2.24) is 4.98 Å². The van der Waals surface area contributed by atoms with E-state index in [0.29, 0.717) is 11.4 Å². The summed E-state index contributed by atoms with van der Waals surface area (Å²) in [7, 11) is 1.34. The van der Waals surface area contributed by atoms with E-state index in [-0.39, 0.29) is 0 Å². The highest BCUT2D eigenvalue weighted by Gasteiger charge is 2.19. The number of carbonyl (C=O) groups excluding carboxylic acids is 1. The van der Waals surface area contributed by atoms with E-state index in [0.717, 1.165) is 18.9 Å². The molecule has 1 heterocycles. The molecule has 0 unspecified atom stereocenters. The van der Waals surface area contributed by atoms with Crippen LogP contribution in [0.1, 0.15) is 10.4 Å². The molecule has 0 spiro atoms. The Morgan fingerprint density at radius 3 is 2.88 bits per heavy atom. The zero-order valence-electron chi connectivity index (χ0n) is 8.30. The second kappa shape index (κ2) is 4.25. The number of anilines is 1. The summed E-state index contributed by atoms with van der Waals surface area (Å²) in [5.74, 6) is -0.0955. The standard InChI is InChI=1S/C10H8BrIN2O2/c1-16-10(15)8-7-5(12)2-4(11)3-6(7)14-9(8)13/h2-3,14H,13H2,1H3. The molecule has 0 saturated heterocycles. The Morgan fingerprint density at radius 1 is 1.56 bits per heavy atom. The van der Waals surface area contributed by atoms with Crippen LogP contribution in [0.4, 0.5) is 5.82 Å². The lowest BCUT2D eigenvalue weighted by molar-refractivity contribution is 0.0604. The fourth-order valence-electron chi connectivity index (χ4n) is 1.58. The third kappa shape index (κ3) is 1.80. The van der Waals surface area contributed by atoms with Crippen LogP contribution >= 0.6 is 38.5 Å². The van der Waals surface area contributed by atoms with Crippen LogP contribution in [0.5, 0.6) is 0 Å². The molecule has 84 valence electrons. The number of hydrogen-bond donors (Lipinski definition) is 2. The topological polar surface area (TPSA) is 68.1 Å². The van der Waals surface area contributed by atoms with Crippen LogP contribution in [0.3, 0.4) is 0 Å². The van der Waals surface area contributed by atoms with Crippen LogP contribution in [0.25, 0.3) is 10.9 Å². The van der Waals surface area contributed by atoms with Gasteiger partial charge < -0.3 is 15.5 Å². The molecule has 1 aromatic heterocycles. The van der Waals surface area contributed by atoms with Crippen molar-refractivity contribution >= 4 is 61.2 Å². The number of aromatic nitrogens is 1. The lowest BCUT2D eigenvalue weighted by Crippen LogP contribution is -2.04. The van der Waals surface area contributed by atoms with Gasteiger partial charge >= 0.3 is 5.97 Å². The van der Waals surface area contributed by atoms with Gasteiger partial charge in [0, 0.05) is 13.4 Å². The lowest BCUT2D eigenvalue weighted by Gasteiger charge is -2.00. The molecule has 0 aliphatic rings. The van der Waals surface area contributed by atoms with Gasteiger partial charge in [-0.25, -0.2) is 4.79 Å². The summed E-state index contributed by atoms with van der Waals surface area (Å²) in [6, 6.07) is 3.79. The highest BCUT2D eigenvalue weighted by atomic mass is 127. The maximum Gasteiger partial charge on any atom is 0.342 e. The van der Waals surface area contributed by atoms with E-state index in [1.165, 1.54) is 7.11 Å². The zero-order chi connectivity index (χ0) is 11.9. The van der Waals surface area contributed by atoms with Crippen LogP contribution in [-0.2, 0) is 4.74 Å². The van der Waals surface area contributed by atoms with Crippen LogP contribution in [0.2, 0.25) is 0 Å². The number of methoxy groups -OCH3 is 1. The highest BCUT2D eigenvalue weighted by Crippen LogP contribution is 2.31. The Hall–Kier alpha value is -0.760. The van der Waals surface area contributed by atoms with Gasteiger partial charge in [0.15, 0.2) is 0 Å². The van der Waals surface area contributed by atoms with E-state index in [1.54, 1.807) is 0 Å². The number of benzene rings is 1. The molecule has 0 atom stereocenters. The molecule has 6 heteroatoms. The maximum atomic E-state index is 11.6. The van der Waals surface area contributed by atoms with Crippen molar-refractivity contribution in [3.05, 3.63) is 25.7 Å². The second-order valence-corrected chi connectivity index (χ2v) is 5.29. The Labute approximate surface area is 114 Å². The summed E-state index contributed by atoms with van der Waals surface area (Å²) in [5.41, 5.74) is 6.99. The van der Waals surface area contributed by atoms with Crippen LogP contribution < -0.4 is 5.73 Å². The van der Waals surface area contributed by atoms with Crippen LogP contribution in [-0.4, -0.2) is 18.1 Å². The molecule has 2 aromatic rings. The van der Waals surface area contributed by atoms with Gasteiger partial charge in [-0.2, -0.15) is 0 Å². The van der Waals surface area contributed by atoms with Gasteiger partial charge in [-0.3, -0.25) is 0 Å². The Morgan fingerprint density at radius 2 is 2.25 bits per heavy atom. The molecule has 0 aliphatic heterocycles. The summed E-state index contributed by atoms with van der Waals surface area (Å²) in [6.45, 7) is 0. The SMILES string of the molecule is COC(=O)c1c(N)[nH]c2cc(Br)cc(I)c12. The summed E-state index contributed by atoms with van der Waals surface area (Å²) in [4.78, 5) is 14.6.